The molecule has 0 fully saturated rings. The second-order valence-electron chi connectivity index (χ2n) is 19.4. The van der Waals surface area contributed by atoms with Crippen molar-refractivity contribution >= 4 is 39.4 Å². The molecule has 3 aliphatic carbocycles. The minimum atomic E-state index is -0.134. The van der Waals surface area contributed by atoms with Crippen molar-refractivity contribution in [2.75, 3.05) is 4.90 Å². The molecule has 0 atom stereocenters. The standard InChI is InChI=1S/C64H55N5/c1-41(42(2)62-53-24-14-12-22-48(53)38-59(68(62)65)45-18-8-6-9-19-45)44-28-32-50(33-29-44)67(52-36-37-56-55-26-16-17-27-57(55)64(4,5)58(56)40-52)51-34-30-47(31-35-51)61-43(3)63-54-25-15-13-23-49(54)39-60(69(63)66-61)46-20-10-7-11-21-46/h7-8,10-28,30-32,34-40H,1,6,9,29,33,65H2,2-5H3/b62-42-. The fourth-order valence-electron chi connectivity index (χ4n) is 11.4. The second kappa shape index (κ2) is 16.7. The average molecular weight is 894 g/mol. The highest BCUT2D eigenvalue weighted by atomic mass is 15.4. The lowest BCUT2D eigenvalue weighted by molar-refractivity contribution is 0.525. The van der Waals surface area contributed by atoms with Gasteiger partial charge in [-0.05, 0) is 138 Å². The molecule has 1 aliphatic heterocycles. The van der Waals surface area contributed by atoms with Gasteiger partial charge in [-0.25, -0.2) is 10.4 Å². The number of rotatable bonds is 8. The van der Waals surface area contributed by atoms with Crippen LogP contribution in [0.2, 0.25) is 0 Å². The van der Waals surface area contributed by atoms with E-state index < -0.39 is 0 Å². The van der Waals surface area contributed by atoms with Crippen LogP contribution in [0.3, 0.4) is 0 Å². The van der Waals surface area contributed by atoms with Crippen LogP contribution in [-0.2, 0) is 5.41 Å². The van der Waals surface area contributed by atoms with Crippen LogP contribution in [0.1, 0.15) is 74.3 Å². The van der Waals surface area contributed by atoms with Gasteiger partial charge in [-0.3, -0.25) is 5.01 Å². The van der Waals surface area contributed by atoms with E-state index in [1.165, 1.54) is 49.9 Å². The fraction of sp³-hybridized carbons (Fsp3) is 0.141. The monoisotopic (exact) mass is 893 g/mol. The van der Waals surface area contributed by atoms with Crippen molar-refractivity contribution in [1.82, 2.24) is 14.6 Å². The van der Waals surface area contributed by atoms with E-state index in [2.05, 4.69) is 225 Å². The zero-order chi connectivity index (χ0) is 47.0. The van der Waals surface area contributed by atoms with Crippen molar-refractivity contribution in [3.05, 3.63) is 250 Å². The summed E-state index contributed by atoms with van der Waals surface area (Å²) in [7, 11) is 0. The molecule has 0 radical (unpaired) electrons. The number of fused-ring (bicyclic) bond motifs is 7. The molecule has 2 N–H and O–H groups in total. The Morgan fingerprint density at radius 1 is 0.710 bits per heavy atom. The SMILES string of the molecule is C=C(C1=CC=C(N(c2ccc(-c3nn4c(-c5ccccc5)cc5ccccc5c4c3C)cc2)c2ccc3c(c2)C(C)(C)c2ccccc2-3)CC1)/C(C)=C1/c2ccccc2C=C(C2=CCCC=C2)N1N. The summed E-state index contributed by atoms with van der Waals surface area (Å²) in [6.07, 6.45) is 17.3. The lowest BCUT2D eigenvalue weighted by Gasteiger charge is -2.34. The number of pyridine rings is 1. The smallest absolute Gasteiger partial charge is 0.0963 e. The van der Waals surface area contributed by atoms with Crippen LogP contribution < -0.4 is 10.7 Å². The third-order valence-electron chi connectivity index (χ3n) is 15.1. The molecule has 0 spiro atoms. The summed E-state index contributed by atoms with van der Waals surface area (Å²) in [6, 6.07) is 55.0. The van der Waals surface area contributed by atoms with E-state index in [0.717, 1.165) is 104 Å². The van der Waals surface area contributed by atoms with E-state index in [1.807, 2.05) is 5.01 Å². The number of aromatic nitrogens is 2. The summed E-state index contributed by atoms with van der Waals surface area (Å²) in [5.41, 5.74) is 24.0. The molecule has 3 heterocycles. The van der Waals surface area contributed by atoms with Gasteiger partial charge in [0.15, 0.2) is 0 Å². The summed E-state index contributed by atoms with van der Waals surface area (Å²) in [5.74, 6) is 7.09. The minimum Gasteiger partial charge on any atom is -0.314 e. The van der Waals surface area contributed by atoms with Gasteiger partial charge in [0.2, 0.25) is 0 Å². The number of hydrogen-bond donors (Lipinski definition) is 1. The molecule has 8 aromatic rings. The van der Waals surface area contributed by atoms with Crippen molar-refractivity contribution in [2.45, 2.75) is 58.8 Å². The molecule has 0 amide bonds. The first-order valence-corrected chi connectivity index (χ1v) is 24.3. The van der Waals surface area contributed by atoms with E-state index in [-0.39, 0.29) is 5.41 Å². The van der Waals surface area contributed by atoms with Gasteiger partial charge in [0.25, 0.3) is 0 Å². The highest BCUT2D eigenvalue weighted by Crippen LogP contribution is 2.51. The van der Waals surface area contributed by atoms with Crippen molar-refractivity contribution in [1.29, 1.82) is 0 Å². The van der Waals surface area contributed by atoms with Gasteiger partial charge in [0.05, 0.1) is 28.3 Å². The highest BCUT2D eigenvalue weighted by Gasteiger charge is 2.36. The van der Waals surface area contributed by atoms with Gasteiger partial charge in [-0.2, -0.15) is 5.10 Å². The van der Waals surface area contributed by atoms with E-state index in [0.29, 0.717) is 0 Å². The molecule has 0 bridgehead atoms. The van der Waals surface area contributed by atoms with E-state index in [9.17, 15) is 0 Å². The topological polar surface area (TPSA) is 49.8 Å². The Kier molecular flexibility index (Phi) is 10.2. The van der Waals surface area contributed by atoms with Crippen molar-refractivity contribution in [3.63, 3.8) is 0 Å². The van der Waals surface area contributed by atoms with E-state index >= 15 is 0 Å². The lowest BCUT2D eigenvalue weighted by Crippen LogP contribution is -2.33. The maximum atomic E-state index is 7.09. The fourth-order valence-corrected chi connectivity index (χ4v) is 11.4. The van der Waals surface area contributed by atoms with Gasteiger partial charge >= 0.3 is 0 Å². The summed E-state index contributed by atoms with van der Waals surface area (Å²) >= 11 is 0. The van der Waals surface area contributed by atoms with Gasteiger partial charge in [-0.1, -0.05) is 166 Å². The van der Waals surface area contributed by atoms with E-state index in [4.69, 9.17) is 17.5 Å². The van der Waals surface area contributed by atoms with Gasteiger partial charge in [0, 0.05) is 50.1 Å². The average Bonchev–Trinajstić information content (AvgIpc) is 3.86. The normalized spacial score (nSPS) is 16.6. The van der Waals surface area contributed by atoms with Crippen molar-refractivity contribution in [3.8, 4) is 33.6 Å². The number of hydrazine groups is 1. The summed E-state index contributed by atoms with van der Waals surface area (Å²) in [6.45, 7) is 13.9. The van der Waals surface area contributed by atoms with Gasteiger partial charge in [0.1, 0.15) is 0 Å². The quantitative estimate of drug-likeness (QED) is 0.154. The predicted molar refractivity (Wildman–Crippen MR) is 288 cm³/mol. The molecule has 6 aromatic carbocycles. The molecule has 12 rings (SSSR count). The zero-order valence-corrected chi connectivity index (χ0v) is 39.8. The molecule has 2 aromatic heterocycles. The summed E-state index contributed by atoms with van der Waals surface area (Å²) < 4.78 is 2.15. The molecule has 69 heavy (non-hydrogen) atoms. The number of nitrogens with two attached hydrogens (primary N) is 1. The van der Waals surface area contributed by atoms with Crippen molar-refractivity contribution in [2.24, 2.45) is 5.84 Å². The van der Waals surface area contributed by atoms with Crippen LogP contribution in [0.25, 0.3) is 61.7 Å². The summed E-state index contributed by atoms with van der Waals surface area (Å²) in [5, 5.41) is 9.66. The molecule has 4 aliphatic rings. The number of anilines is 2. The summed E-state index contributed by atoms with van der Waals surface area (Å²) in [4.78, 5) is 2.46. The number of nitrogens with zero attached hydrogens (tertiary/aromatic N) is 4. The Hall–Kier alpha value is -7.99. The van der Waals surface area contributed by atoms with Gasteiger partial charge < -0.3 is 4.90 Å². The molecular formula is C64H55N5. The van der Waals surface area contributed by atoms with Gasteiger partial charge in [-0.15, -0.1) is 0 Å². The molecule has 5 heteroatoms. The largest absolute Gasteiger partial charge is 0.314 e. The number of allylic oxidation sites excluding steroid dienone is 9. The molecule has 336 valence electrons. The Labute approximate surface area is 405 Å². The third-order valence-corrected chi connectivity index (χ3v) is 15.1. The molecule has 0 saturated carbocycles. The van der Waals surface area contributed by atoms with Crippen LogP contribution in [0.5, 0.6) is 0 Å². The first-order chi connectivity index (χ1) is 33.7. The Morgan fingerprint density at radius 3 is 2.22 bits per heavy atom. The van der Waals surface area contributed by atoms with Crippen LogP contribution in [0, 0.1) is 6.92 Å². The Bertz CT molecular complexity index is 3620. The molecule has 5 nitrogen and oxygen atoms in total. The van der Waals surface area contributed by atoms with Crippen molar-refractivity contribution < 1.29 is 0 Å². The van der Waals surface area contributed by atoms with Crippen LogP contribution in [0.4, 0.5) is 11.4 Å². The first kappa shape index (κ1) is 42.4. The molecular weight excluding hydrogens is 839 g/mol. The third kappa shape index (κ3) is 6.99. The van der Waals surface area contributed by atoms with Crippen LogP contribution >= 0.6 is 0 Å². The highest BCUT2D eigenvalue weighted by molar-refractivity contribution is 6.01. The lowest BCUT2D eigenvalue weighted by atomic mass is 9.82. The predicted octanol–water partition coefficient (Wildman–Crippen LogP) is 16.0. The van der Waals surface area contributed by atoms with Crippen LogP contribution in [-0.4, -0.2) is 14.6 Å². The van der Waals surface area contributed by atoms with Crippen LogP contribution in [0.15, 0.2) is 222 Å². The maximum Gasteiger partial charge on any atom is 0.0963 e. The number of benzene rings is 6. The number of hydrogen-bond acceptors (Lipinski definition) is 4. The minimum absolute atomic E-state index is 0.134. The zero-order valence-electron chi connectivity index (χ0n) is 39.8. The second-order valence-corrected chi connectivity index (χ2v) is 19.4. The molecule has 0 saturated heterocycles. The Balaban J connectivity index is 0.942. The first-order valence-electron chi connectivity index (χ1n) is 24.3. The molecule has 0 unspecified atom stereocenters. The number of aryl methyl sites for hydroxylation is 1. The van der Waals surface area contributed by atoms with E-state index in [1.54, 1.807) is 0 Å². The Morgan fingerprint density at radius 2 is 1.43 bits per heavy atom. The maximum absolute atomic E-state index is 7.09.